The summed E-state index contributed by atoms with van der Waals surface area (Å²) in [4.78, 5) is 13.6. The fraction of sp³-hybridized carbons (Fsp3) is 0.480. The van der Waals surface area contributed by atoms with Crippen molar-refractivity contribution < 1.29 is 36.6 Å². The molecule has 188 valence electrons. The van der Waals surface area contributed by atoms with Gasteiger partial charge in [-0.05, 0) is 79.8 Å². The maximum absolute atomic E-state index is 14.5. The van der Waals surface area contributed by atoms with Gasteiger partial charge in [0.2, 0.25) is 0 Å². The topological polar surface area (TPSA) is 49.8 Å². The predicted octanol–water partition coefficient (Wildman–Crippen LogP) is 6.79. The van der Waals surface area contributed by atoms with Crippen molar-refractivity contribution in [3.63, 3.8) is 0 Å². The van der Waals surface area contributed by atoms with Gasteiger partial charge in [0, 0.05) is 18.6 Å². The van der Waals surface area contributed by atoms with Crippen molar-refractivity contribution in [2.75, 3.05) is 0 Å². The van der Waals surface area contributed by atoms with Crippen LogP contribution >= 0.6 is 11.6 Å². The molecule has 2 heterocycles. The highest BCUT2D eigenvalue weighted by Gasteiger charge is 2.44. The van der Waals surface area contributed by atoms with Gasteiger partial charge in [0.1, 0.15) is 17.5 Å². The normalized spacial score (nSPS) is 24.6. The van der Waals surface area contributed by atoms with E-state index in [-0.39, 0.29) is 23.6 Å². The fourth-order valence-corrected chi connectivity index (χ4v) is 5.67. The number of ether oxygens (including phenoxy) is 1. The molecule has 0 spiro atoms. The van der Waals surface area contributed by atoms with E-state index < -0.39 is 46.2 Å². The molecule has 2 aromatic rings. The number of aromatic carboxylic acids is 1. The molecular weight excluding hydrogens is 493 g/mol. The average molecular weight is 516 g/mol. The number of halogens is 6. The summed E-state index contributed by atoms with van der Waals surface area (Å²) < 4.78 is 74.9. The highest BCUT2D eigenvalue weighted by Crippen LogP contribution is 2.46. The molecule has 2 saturated heterocycles. The molecule has 3 aliphatic rings. The number of piperidine rings is 1. The SMILES string of the molecule is O=C(O)c1cc(C2CC2)c(CN2[C@@H]3CC[C@H]2CC(Oc2c(C(F)(F)F)ccc(Cl)c2F)C3)cc1F. The molecule has 3 atom stereocenters. The zero-order chi connectivity index (χ0) is 25.1. The third-order valence-corrected chi connectivity index (χ3v) is 7.60. The van der Waals surface area contributed by atoms with Gasteiger partial charge in [0.15, 0.2) is 11.6 Å². The smallest absolute Gasteiger partial charge is 0.420 e. The Balaban J connectivity index is 1.36. The largest absolute Gasteiger partial charge is 0.487 e. The van der Waals surface area contributed by atoms with Crippen LogP contribution in [-0.4, -0.2) is 34.2 Å². The van der Waals surface area contributed by atoms with Crippen molar-refractivity contribution in [1.29, 1.82) is 0 Å². The molecule has 0 radical (unpaired) electrons. The fourth-order valence-electron chi connectivity index (χ4n) is 5.52. The van der Waals surface area contributed by atoms with Crippen molar-refractivity contribution in [3.05, 3.63) is 63.2 Å². The summed E-state index contributed by atoms with van der Waals surface area (Å²) >= 11 is 5.73. The lowest BCUT2D eigenvalue weighted by atomic mass is 9.95. The first kappa shape index (κ1) is 24.3. The summed E-state index contributed by atoms with van der Waals surface area (Å²) in [5.74, 6) is -3.96. The monoisotopic (exact) mass is 515 g/mol. The molecule has 2 aromatic carbocycles. The lowest BCUT2D eigenvalue weighted by Crippen LogP contribution is -2.46. The number of hydrogen-bond acceptors (Lipinski definition) is 3. The van der Waals surface area contributed by atoms with Crippen molar-refractivity contribution >= 4 is 17.6 Å². The molecule has 35 heavy (non-hydrogen) atoms. The van der Waals surface area contributed by atoms with Crippen LogP contribution in [0, 0.1) is 11.6 Å². The van der Waals surface area contributed by atoms with Crippen LogP contribution in [0.15, 0.2) is 24.3 Å². The van der Waals surface area contributed by atoms with E-state index in [1.54, 1.807) is 0 Å². The summed E-state index contributed by atoms with van der Waals surface area (Å²) in [6, 6.07) is 4.28. The Hall–Kier alpha value is -2.39. The summed E-state index contributed by atoms with van der Waals surface area (Å²) in [7, 11) is 0. The van der Waals surface area contributed by atoms with Crippen LogP contribution in [0.1, 0.15) is 71.5 Å². The number of benzene rings is 2. The minimum Gasteiger partial charge on any atom is -0.487 e. The number of carbonyl (C=O) groups is 1. The maximum atomic E-state index is 14.5. The molecule has 0 amide bonds. The maximum Gasteiger partial charge on any atom is 0.420 e. The van der Waals surface area contributed by atoms with Crippen LogP contribution in [0.25, 0.3) is 0 Å². The van der Waals surface area contributed by atoms with E-state index in [0.29, 0.717) is 19.4 Å². The number of carboxylic acids is 1. The Morgan fingerprint density at radius 3 is 2.31 bits per heavy atom. The third kappa shape index (κ3) is 4.72. The predicted molar refractivity (Wildman–Crippen MR) is 118 cm³/mol. The zero-order valence-corrected chi connectivity index (χ0v) is 19.3. The van der Waals surface area contributed by atoms with E-state index in [0.717, 1.165) is 48.9 Å². The number of alkyl halides is 3. The Kier molecular flexibility index (Phi) is 6.20. The molecule has 2 aliphatic heterocycles. The number of fused-ring (bicyclic) bond motifs is 2. The van der Waals surface area contributed by atoms with Crippen LogP contribution in [0.3, 0.4) is 0 Å². The summed E-state index contributed by atoms with van der Waals surface area (Å²) in [6.45, 7) is 0.421. The van der Waals surface area contributed by atoms with E-state index in [1.807, 2.05) is 0 Å². The second-order valence-electron chi connectivity index (χ2n) is 9.61. The highest BCUT2D eigenvalue weighted by atomic mass is 35.5. The van der Waals surface area contributed by atoms with Crippen LogP contribution in [0.4, 0.5) is 22.0 Å². The van der Waals surface area contributed by atoms with Crippen molar-refractivity contribution in [1.82, 2.24) is 4.90 Å². The first-order valence-electron chi connectivity index (χ1n) is 11.6. The molecule has 1 aliphatic carbocycles. The highest BCUT2D eigenvalue weighted by molar-refractivity contribution is 6.30. The van der Waals surface area contributed by atoms with Gasteiger partial charge < -0.3 is 9.84 Å². The lowest BCUT2D eigenvalue weighted by Gasteiger charge is -2.39. The van der Waals surface area contributed by atoms with Gasteiger partial charge in [0.05, 0.1) is 10.6 Å². The standard InChI is InChI=1S/C25H23ClF5NO3/c26-20-6-5-19(25(29,30)31)23(22(20)28)35-16-8-14-3-4-15(9-16)32(14)11-13-7-21(27)18(24(33)34)10-17(13)12-1-2-12/h5-7,10,12,14-16H,1-4,8-9,11H2,(H,33,34)/t14-,15+,16?. The molecule has 10 heteroatoms. The number of hydrogen-bond donors (Lipinski definition) is 1. The third-order valence-electron chi connectivity index (χ3n) is 7.31. The van der Waals surface area contributed by atoms with Gasteiger partial charge in [-0.2, -0.15) is 13.2 Å². The van der Waals surface area contributed by atoms with Crippen molar-refractivity contribution in [3.8, 4) is 5.75 Å². The molecule has 5 rings (SSSR count). The van der Waals surface area contributed by atoms with Gasteiger partial charge in [0.25, 0.3) is 0 Å². The van der Waals surface area contributed by atoms with Gasteiger partial charge in [-0.1, -0.05) is 11.6 Å². The minimum atomic E-state index is -4.79. The lowest BCUT2D eigenvalue weighted by molar-refractivity contribution is -0.139. The number of rotatable bonds is 6. The number of nitrogens with zero attached hydrogens (tertiary/aromatic N) is 1. The molecule has 1 saturated carbocycles. The van der Waals surface area contributed by atoms with Crippen LogP contribution < -0.4 is 4.74 Å². The second kappa shape index (κ2) is 8.92. The van der Waals surface area contributed by atoms with E-state index in [9.17, 15) is 31.9 Å². The van der Waals surface area contributed by atoms with E-state index >= 15 is 0 Å². The van der Waals surface area contributed by atoms with E-state index in [1.165, 1.54) is 12.1 Å². The average Bonchev–Trinajstić information content (AvgIpc) is 3.58. The minimum absolute atomic E-state index is 0.0235. The first-order valence-corrected chi connectivity index (χ1v) is 11.9. The van der Waals surface area contributed by atoms with Crippen molar-refractivity contribution in [2.24, 2.45) is 0 Å². The molecule has 4 nitrogen and oxygen atoms in total. The Morgan fingerprint density at radius 1 is 1.09 bits per heavy atom. The Bertz CT molecular complexity index is 1150. The first-order chi connectivity index (χ1) is 16.5. The van der Waals surface area contributed by atoms with Gasteiger partial charge in [-0.15, -0.1) is 0 Å². The number of carboxylic acid groups (broad SMARTS) is 1. The molecule has 3 fully saturated rings. The molecule has 2 bridgehead atoms. The Morgan fingerprint density at radius 2 is 1.74 bits per heavy atom. The van der Waals surface area contributed by atoms with Crippen LogP contribution in [0.2, 0.25) is 5.02 Å². The Labute approximate surface area is 203 Å². The van der Waals surface area contributed by atoms with Gasteiger partial charge in [-0.3, -0.25) is 4.90 Å². The van der Waals surface area contributed by atoms with Crippen LogP contribution in [-0.2, 0) is 12.7 Å². The van der Waals surface area contributed by atoms with Gasteiger partial charge in [-0.25, -0.2) is 13.6 Å². The molecule has 1 unspecified atom stereocenters. The summed E-state index contributed by atoms with van der Waals surface area (Å²) in [5.41, 5.74) is 0.0518. The van der Waals surface area contributed by atoms with Crippen molar-refractivity contribution in [2.45, 2.75) is 75.4 Å². The summed E-state index contributed by atoms with van der Waals surface area (Å²) in [5, 5.41) is 8.85. The molecule has 1 N–H and O–H groups in total. The van der Waals surface area contributed by atoms with E-state index in [2.05, 4.69) is 4.90 Å². The second-order valence-corrected chi connectivity index (χ2v) is 10.0. The summed E-state index contributed by atoms with van der Waals surface area (Å²) in [6.07, 6.45) is -1.17. The van der Waals surface area contributed by atoms with Gasteiger partial charge >= 0.3 is 12.1 Å². The molecular formula is C25H23ClF5NO3. The van der Waals surface area contributed by atoms with Crippen LogP contribution in [0.5, 0.6) is 5.75 Å². The quantitative estimate of drug-likeness (QED) is 0.430. The van der Waals surface area contributed by atoms with E-state index in [4.69, 9.17) is 16.3 Å². The zero-order valence-electron chi connectivity index (χ0n) is 18.5. The molecule has 0 aromatic heterocycles.